The molecule has 0 bridgehead atoms. The molecule has 33 heavy (non-hydrogen) atoms. The van der Waals surface area contributed by atoms with Crippen molar-refractivity contribution in [3.8, 4) is 0 Å². The first-order valence-electron chi connectivity index (χ1n) is 10.8. The summed E-state index contributed by atoms with van der Waals surface area (Å²) in [5.41, 5.74) is 0. The minimum absolute atomic E-state index is 0.0200. The number of carbonyl (C=O) groups excluding carboxylic acids is 4. The number of carbonyl (C=O) groups is 5. The first-order valence-corrected chi connectivity index (χ1v) is 10.8. The van der Waals surface area contributed by atoms with Crippen LogP contribution < -0.4 is 21.3 Å². The van der Waals surface area contributed by atoms with Crippen LogP contribution in [0.5, 0.6) is 0 Å². The van der Waals surface area contributed by atoms with Gasteiger partial charge in [0.1, 0.15) is 13.2 Å². The van der Waals surface area contributed by atoms with Crippen LogP contribution in [0.25, 0.3) is 0 Å². The summed E-state index contributed by atoms with van der Waals surface area (Å²) in [6.07, 6.45) is -0.106. The molecule has 0 aromatic carbocycles. The summed E-state index contributed by atoms with van der Waals surface area (Å²) in [4.78, 5) is 56.7. The zero-order valence-corrected chi connectivity index (χ0v) is 19.3. The molecule has 0 aliphatic carbocycles. The van der Waals surface area contributed by atoms with E-state index in [4.69, 9.17) is 19.3 Å². The van der Waals surface area contributed by atoms with Crippen molar-refractivity contribution in [3.05, 3.63) is 0 Å². The molecule has 0 saturated carbocycles. The Labute approximate surface area is 193 Å². The molecule has 1 atom stereocenters. The molecule has 0 aromatic rings. The van der Waals surface area contributed by atoms with Crippen molar-refractivity contribution in [2.24, 2.45) is 5.92 Å². The quantitative estimate of drug-likeness (QED) is 0.124. The molecule has 0 aliphatic heterocycles. The Morgan fingerprint density at radius 2 is 1.24 bits per heavy atom. The van der Waals surface area contributed by atoms with E-state index in [1.165, 1.54) is 6.92 Å². The van der Waals surface area contributed by atoms with Gasteiger partial charge in [-0.25, -0.2) is 0 Å². The Balaban J connectivity index is 3.52. The Kier molecular flexibility index (Phi) is 18.2. The number of hydrogen-bond donors (Lipinski definition) is 5. The summed E-state index contributed by atoms with van der Waals surface area (Å²) in [5, 5.41) is 19.0. The van der Waals surface area contributed by atoms with Crippen LogP contribution in [0.4, 0.5) is 0 Å². The fourth-order valence-corrected chi connectivity index (χ4v) is 2.19. The lowest BCUT2D eigenvalue weighted by Gasteiger charge is -2.09. The molecule has 13 heteroatoms. The summed E-state index contributed by atoms with van der Waals surface area (Å²) in [6.45, 7) is 5.27. The summed E-state index contributed by atoms with van der Waals surface area (Å²) >= 11 is 0. The predicted octanol–water partition coefficient (Wildman–Crippen LogP) is -1.98. The second-order valence-corrected chi connectivity index (χ2v) is 6.90. The van der Waals surface area contributed by atoms with Gasteiger partial charge in [-0.05, 0) is 6.92 Å². The standard InChI is InChI=1S/C20H36N4O9/c1-3-31-13-18(27)24-8-9-32-10-11-33-14-19(28)23-7-6-22-16(25)4-5-21-17(26)12-15(2)20(29)30/h15H,3-14H2,1-2H3,(H,21,26)(H,22,25)(H,23,28)(H,24,27)(H,29,30). The minimum atomic E-state index is -1.06. The summed E-state index contributed by atoms with van der Waals surface area (Å²) < 4.78 is 15.4. The minimum Gasteiger partial charge on any atom is -0.481 e. The Morgan fingerprint density at radius 3 is 1.88 bits per heavy atom. The third-order valence-corrected chi connectivity index (χ3v) is 3.97. The van der Waals surface area contributed by atoms with Gasteiger partial charge in [0, 0.05) is 45.6 Å². The molecule has 1 unspecified atom stereocenters. The van der Waals surface area contributed by atoms with Gasteiger partial charge in [-0.1, -0.05) is 6.92 Å². The highest BCUT2D eigenvalue weighted by molar-refractivity contribution is 5.82. The van der Waals surface area contributed by atoms with Crippen LogP contribution in [-0.4, -0.2) is 101 Å². The van der Waals surface area contributed by atoms with Crippen LogP contribution in [0.2, 0.25) is 0 Å². The fraction of sp³-hybridized carbons (Fsp3) is 0.750. The molecule has 0 aromatic heterocycles. The zero-order chi connectivity index (χ0) is 24.9. The number of carboxylic acid groups (broad SMARTS) is 1. The zero-order valence-electron chi connectivity index (χ0n) is 19.3. The summed E-state index contributed by atoms with van der Waals surface area (Å²) in [6, 6.07) is 0. The molecule has 0 heterocycles. The Hall–Kier alpha value is -2.77. The highest BCUT2D eigenvalue weighted by Crippen LogP contribution is 2.00. The van der Waals surface area contributed by atoms with Crippen molar-refractivity contribution in [2.75, 3.05) is 65.8 Å². The van der Waals surface area contributed by atoms with E-state index >= 15 is 0 Å². The van der Waals surface area contributed by atoms with Crippen LogP contribution in [0, 0.1) is 5.92 Å². The third-order valence-electron chi connectivity index (χ3n) is 3.97. The Morgan fingerprint density at radius 1 is 0.697 bits per heavy atom. The lowest BCUT2D eigenvalue weighted by molar-refractivity contribution is -0.143. The molecule has 5 N–H and O–H groups in total. The summed E-state index contributed by atoms with van der Waals surface area (Å²) in [5.74, 6) is -3.13. The molecule has 0 radical (unpaired) electrons. The highest BCUT2D eigenvalue weighted by atomic mass is 16.5. The van der Waals surface area contributed by atoms with E-state index in [1.807, 2.05) is 0 Å². The van der Waals surface area contributed by atoms with Gasteiger partial charge in [0.15, 0.2) is 0 Å². The van der Waals surface area contributed by atoms with Gasteiger partial charge in [-0.2, -0.15) is 0 Å². The Bertz CT molecular complexity index is 616. The SMILES string of the molecule is CCOCC(=O)NCCOCCOCC(=O)NCCNC(=O)CCNC(=O)CC(C)C(=O)O. The third kappa shape index (κ3) is 19.6. The van der Waals surface area contributed by atoms with Crippen molar-refractivity contribution < 1.29 is 43.3 Å². The maximum Gasteiger partial charge on any atom is 0.306 e. The van der Waals surface area contributed by atoms with Gasteiger partial charge in [-0.15, -0.1) is 0 Å². The second-order valence-electron chi connectivity index (χ2n) is 6.90. The lowest BCUT2D eigenvalue weighted by atomic mass is 10.1. The van der Waals surface area contributed by atoms with E-state index < -0.39 is 17.8 Å². The van der Waals surface area contributed by atoms with Gasteiger partial charge in [-0.3, -0.25) is 24.0 Å². The van der Waals surface area contributed by atoms with Gasteiger partial charge >= 0.3 is 5.97 Å². The van der Waals surface area contributed by atoms with Gasteiger partial charge in [0.25, 0.3) is 0 Å². The molecular weight excluding hydrogens is 440 g/mol. The molecule has 190 valence electrons. The van der Waals surface area contributed by atoms with Crippen molar-refractivity contribution in [1.82, 2.24) is 21.3 Å². The number of rotatable bonds is 20. The van der Waals surface area contributed by atoms with Crippen molar-refractivity contribution >= 4 is 29.6 Å². The van der Waals surface area contributed by atoms with E-state index in [2.05, 4.69) is 21.3 Å². The second kappa shape index (κ2) is 19.9. The average Bonchev–Trinajstić information content (AvgIpc) is 2.76. The highest BCUT2D eigenvalue weighted by Gasteiger charge is 2.15. The largest absolute Gasteiger partial charge is 0.481 e. The van der Waals surface area contributed by atoms with Crippen molar-refractivity contribution in [2.45, 2.75) is 26.7 Å². The normalized spacial score (nSPS) is 11.3. The predicted molar refractivity (Wildman–Crippen MR) is 116 cm³/mol. The molecule has 13 nitrogen and oxygen atoms in total. The topological polar surface area (TPSA) is 181 Å². The van der Waals surface area contributed by atoms with E-state index in [9.17, 15) is 24.0 Å². The molecule has 0 spiro atoms. The maximum absolute atomic E-state index is 11.7. The van der Waals surface area contributed by atoms with Crippen LogP contribution >= 0.6 is 0 Å². The van der Waals surface area contributed by atoms with Crippen LogP contribution in [0.15, 0.2) is 0 Å². The number of amides is 4. The number of nitrogens with one attached hydrogen (secondary N) is 4. The van der Waals surface area contributed by atoms with Gasteiger partial charge < -0.3 is 40.6 Å². The number of carboxylic acids is 1. The molecular formula is C20H36N4O9. The summed E-state index contributed by atoms with van der Waals surface area (Å²) in [7, 11) is 0. The van der Waals surface area contributed by atoms with Crippen molar-refractivity contribution in [3.63, 3.8) is 0 Å². The van der Waals surface area contributed by atoms with Crippen LogP contribution in [-0.2, 0) is 38.2 Å². The number of aliphatic carboxylic acids is 1. The maximum atomic E-state index is 11.7. The number of ether oxygens (including phenoxy) is 3. The first kappa shape index (κ1) is 30.2. The molecule has 0 fully saturated rings. The molecule has 0 rings (SSSR count). The number of hydrogen-bond acceptors (Lipinski definition) is 8. The van der Waals surface area contributed by atoms with E-state index in [-0.39, 0.29) is 76.6 Å². The van der Waals surface area contributed by atoms with Crippen molar-refractivity contribution in [1.29, 1.82) is 0 Å². The molecule has 0 saturated heterocycles. The first-order chi connectivity index (χ1) is 15.8. The van der Waals surface area contributed by atoms with E-state index in [0.717, 1.165) is 0 Å². The van der Waals surface area contributed by atoms with Gasteiger partial charge in [0.2, 0.25) is 23.6 Å². The molecule has 4 amide bonds. The monoisotopic (exact) mass is 476 g/mol. The van der Waals surface area contributed by atoms with Crippen LogP contribution in [0.1, 0.15) is 26.7 Å². The van der Waals surface area contributed by atoms with E-state index in [1.54, 1.807) is 6.92 Å². The van der Waals surface area contributed by atoms with E-state index in [0.29, 0.717) is 19.8 Å². The smallest absolute Gasteiger partial charge is 0.306 e. The average molecular weight is 477 g/mol. The lowest BCUT2D eigenvalue weighted by Crippen LogP contribution is -2.37. The fourth-order valence-electron chi connectivity index (χ4n) is 2.19. The van der Waals surface area contributed by atoms with Gasteiger partial charge in [0.05, 0.1) is 25.7 Å². The molecule has 0 aliphatic rings. The van der Waals surface area contributed by atoms with Crippen LogP contribution in [0.3, 0.4) is 0 Å².